The largest absolute Gasteiger partial charge is 0.465 e. The number of carbonyl (C=O) groups is 1. The summed E-state index contributed by atoms with van der Waals surface area (Å²) in [5.41, 5.74) is 0.514. The Balaban J connectivity index is 2.29. The third kappa shape index (κ3) is 5.07. The van der Waals surface area contributed by atoms with Crippen LogP contribution in [0.4, 0.5) is 0 Å². The summed E-state index contributed by atoms with van der Waals surface area (Å²) in [5.74, 6) is -0.749. The minimum atomic E-state index is -3.96. The molecule has 0 aliphatic rings. The highest BCUT2D eigenvalue weighted by atomic mass is 35.5. The predicted octanol–water partition coefficient (Wildman–Crippen LogP) is 2.57. The SMILES string of the molecule is COC(=O)c1cc(S(=O)(=O)N[C@@H](C)c2ccc(S(C)(=O)=O)cc2)ccc1Cl. The van der Waals surface area contributed by atoms with Gasteiger partial charge < -0.3 is 4.74 Å². The second kappa shape index (κ2) is 7.97. The van der Waals surface area contributed by atoms with Crippen LogP contribution >= 0.6 is 11.6 Å². The fourth-order valence-electron chi connectivity index (χ4n) is 2.31. The summed E-state index contributed by atoms with van der Waals surface area (Å²) < 4.78 is 55.3. The number of rotatable bonds is 6. The number of nitrogens with one attached hydrogen (secondary N) is 1. The number of hydrogen-bond acceptors (Lipinski definition) is 6. The number of carbonyl (C=O) groups excluding carboxylic acids is 1. The van der Waals surface area contributed by atoms with Crippen LogP contribution in [0.5, 0.6) is 0 Å². The highest BCUT2D eigenvalue weighted by Crippen LogP contribution is 2.23. The van der Waals surface area contributed by atoms with Crippen molar-refractivity contribution in [1.82, 2.24) is 4.72 Å². The van der Waals surface area contributed by atoms with E-state index >= 15 is 0 Å². The van der Waals surface area contributed by atoms with Crippen molar-refractivity contribution in [2.24, 2.45) is 0 Å². The fourth-order valence-corrected chi connectivity index (χ4v) is 4.39. The second-order valence-corrected chi connectivity index (χ2v) is 9.95. The molecule has 0 unspecified atom stereocenters. The van der Waals surface area contributed by atoms with E-state index in [0.717, 1.165) is 12.3 Å². The van der Waals surface area contributed by atoms with Gasteiger partial charge in [0, 0.05) is 12.3 Å². The number of sulfone groups is 1. The normalized spacial score (nSPS) is 13.2. The summed E-state index contributed by atoms with van der Waals surface area (Å²) in [5, 5.41) is 0.0743. The van der Waals surface area contributed by atoms with Crippen molar-refractivity contribution in [2.45, 2.75) is 22.8 Å². The average molecular weight is 432 g/mol. The summed E-state index contributed by atoms with van der Waals surface area (Å²) in [4.78, 5) is 11.7. The lowest BCUT2D eigenvalue weighted by molar-refractivity contribution is 0.0600. The summed E-state index contributed by atoms with van der Waals surface area (Å²) in [6, 6.07) is 8.96. The van der Waals surface area contributed by atoms with E-state index < -0.39 is 31.9 Å². The Bertz CT molecular complexity index is 1060. The van der Waals surface area contributed by atoms with E-state index in [1.165, 1.54) is 43.5 Å². The van der Waals surface area contributed by atoms with Gasteiger partial charge in [-0.15, -0.1) is 0 Å². The van der Waals surface area contributed by atoms with Crippen LogP contribution in [0.15, 0.2) is 52.3 Å². The van der Waals surface area contributed by atoms with Crippen LogP contribution in [0.3, 0.4) is 0 Å². The Kier molecular flexibility index (Phi) is 6.31. The lowest BCUT2D eigenvalue weighted by Gasteiger charge is -2.15. The molecule has 0 saturated heterocycles. The first kappa shape index (κ1) is 21.4. The Hall–Kier alpha value is -1.94. The molecule has 146 valence electrons. The first-order valence-corrected chi connectivity index (χ1v) is 11.4. The maximum atomic E-state index is 12.6. The molecule has 0 aromatic heterocycles. The average Bonchev–Trinajstić information content (AvgIpc) is 2.60. The Morgan fingerprint density at radius 3 is 2.11 bits per heavy atom. The fraction of sp³-hybridized carbons (Fsp3) is 0.235. The number of ether oxygens (including phenoxy) is 1. The first-order valence-electron chi connectivity index (χ1n) is 7.66. The summed E-state index contributed by atoms with van der Waals surface area (Å²) in [7, 11) is -6.13. The van der Waals surface area contributed by atoms with Crippen molar-refractivity contribution in [3.05, 3.63) is 58.6 Å². The molecule has 7 nitrogen and oxygen atoms in total. The van der Waals surface area contributed by atoms with E-state index in [2.05, 4.69) is 9.46 Å². The molecule has 0 amide bonds. The maximum Gasteiger partial charge on any atom is 0.339 e. The molecule has 0 aliphatic carbocycles. The van der Waals surface area contributed by atoms with Gasteiger partial charge in [0.05, 0.1) is 27.5 Å². The summed E-state index contributed by atoms with van der Waals surface area (Å²) >= 11 is 5.91. The molecule has 10 heteroatoms. The van der Waals surface area contributed by atoms with Gasteiger partial charge in [-0.1, -0.05) is 23.7 Å². The molecular weight excluding hydrogens is 414 g/mol. The third-order valence-electron chi connectivity index (χ3n) is 3.79. The van der Waals surface area contributed by atoms with Gasteiger partial charge in [-0.05, 0) is 42.8 Å². The van der Waals surface area contributed by atoms with Crippen molar-refractivity contribution in [3.8, 4) is 0 Å². The van der Waals surface area contributed by atoms with Crippen molar-refractivity contribution in [2.75, 3.05) is 13.4 Å². The lowest BCUT2D eigenvalue weighted by atomic mass is 10.1. The molecular formula is C17H18ClNO6S2. The third-order valence-corrected chi connectivity index (χ3v) is 6.79. The van der Waals surface area contributed by atoms with E-state index in [4.69, 9.17) is 11.6 Å². The van der Waals surface area contributed by atoms with E-state index in [9.17, 15) is 21.6 Å². The van der Waals surface area contributed by atoms with Gasteiger partial charge in [0.2, 0.25) is 10.0 Å². The Morgan fingerprint density at radius 2 is 1.59 bits per heavy atom. The second-order valence-electron chi connectivity index (χ2n) is 5.82. The number of sulfonamides is 1. The molecule has 1 N–H and O–H groups in total. The molecule has 0 saturated carbocycles. The molecule has 0 heterocycles. The molecule has 2 aromatic rings. The molecule has 0 aliphatic heterocycles. The molecule has 0 radical (unpaired) electrons. The molecule has 0 bridgehead atoms. The molecule has 0 spiro atoms. The minimum Gasteiger partial charge on any atom is -0.465 e. The van der Waals surface area contributed by atoms with Crippen LogP contribution in [-0.4, -0.2) is 36.2 Å². The van der Waals surface area contributed by atoms with E-state index in [-0.39, 0.29) is 20.4 Å². The molecule has 2 rings (SSSR count). The van der Waals surface area contributed by atoms with E-state index in [1.54, 1.807) is 6.92 Å². The number of esters is 1. The van der Waals surface area contributed by atoms with Gasteiger partial charge in [0.1, 0.15) is 0 Å². The van der Waals surface area contributed by atoms with Gasteiger partial charge in [-0.2, -0.15) is 0 Å². The van der Waals surface area contributed by atoms with Crippen LogP contribution in [0, 0.1) is 0 Å². The monoisotopic (exact) mass is 431 g/mol. The van der Waals surface area contributed by atoms with Crippen molar-refractivity contribution in [1.29, 1.82) is 0 Å². The van der Waals surface area contributed by atoms with E-state index in [0.29, 0.717) is 5.56 Å². The Morgan fingerprint density at radius 1 is 1.04 bits per heavy atom. The minimum absolute atomic E-state index is 0.0628. The number of benzene rings is 2. The van der Waals surface area contributed by atoms with Gasteiger partial charge >= 0.3 is 5.97 Å². The highest BCUT2D eigenvalue weighted by Gasteiger charge is 2.22. The maximum absolute atomic E-state index is 12.6. The van der Waals surface area contributed by atoms with E-state index in [1.807, 2.05) is 0 Å². The number of halogens is 1. The van der Waals surface area contributed by atoms with Crippen LogP contribution in [0.1, 0.15) is 28.9 Å². The standard InChI is InChI=1S/C17H18ClNO6S2/c1-11(12-4-6-13(7-5-12)26(3,21)22)19-27(23,24)14-8-9-16(18)15(10-14)17(20)25-2/h4-11,19H,1-3H3/t11-/m0/s1. The van der Waals surface area contributed by atoms with Crippen LogP contribution < -0.4 is 4.72 Å². The zero-order chi connectivity index (χ0) is 20.4. The topological polar surface area (TPSA) is 107 Å². The van der Waals surface area contributed by atoms with Gasteiger partial charge in [-0.25, -0.2) is 26.4 Å². The molecule has 0 fully saturated rings. The lowest BCUT2D eigenvalue weighted by Crippen LogP contribution is -2.27. The van der Waals surface area contributed by atoms with Crippen molar-refractivity contribution in [3.63, 3.8) is 0 Å². The zero-order valence-electron chi connectivity index (χ0n) is 14.8. The van der Waals surface area contributed by atoms with Crippen LogP contribution in [-0.2, 0) is 24.6 Å². The van der Waals surface area contributed by atoms with Crippen LogP contribution in [0.2, 0.25) is 5.02 Å². The molecule has 27 heavy (non-hydrogen) atoms. The van der Waals surface area contributed by atoms with Gasteiger partial charge in [-0.3, -0.25) is 0 Å². The van der Waals surface area contributed by atoms with Crippen molar-refractivity contribution < 1.29 is 26.4 Å². The number of methoxy groups -OCH3 is 1. The van der Waals surface area contributed by atoms with Gasteiger partial charge in [0.15, 0.2) is 9.84 Å². The molecule has 1 atom stereocenters. The van der Waals surface area contributed by atoms with Gasteiger partial charge in [0.25, 0.3) is 0 Å². The quantitative estimate of drug-likeness (QED) is 0.704. The van der Waals surface area contributed by atoms with Crippen molar-refractivity contribution >= 4 is 37.4 Å². The summed E-state index contributed by atoms with van der Waals surface area (Å²) in [6.07, 6.45) is 1.09. The Labute approximate surface area is 163 Å². The zero-order valence-corrected chi connectivity index (χ0v) is 17.2. The predicted molar refractivity (Wildman–Crippen MR) is 101 cm³/mol. The molecule has 2 aromatic carbocycles. The summed E-state index contributed by atoms with van der Waals surface area (Å²) in [6.45, 7) is 1.62. The van der Waals surface area contributed by atoms with Crippen LogP contribution in [0.25, 0.3) is 0 Å². The highest BCUT2D eigenvalue weighted by molar-refractivity contribution is 7.90. The number of hydrogen-bond donors (Lipinski definition) is 1. The first-order chi connectivity index (χ1) is 12.5. The smallest absolute Gasteiger partial charge is 0.339 e.